The summed E-state index contributed by atoms with van der Waals surface area (Å²) in [4.78, 5) is 0. The van der Waals surface area contributed by atoms with E-state index in [0.29, 0.717) is 11.5 Å². The number of ether oxygens (including phenoxy) is 5. The van der Waals surface area contributed by atoms with Gasteiger partial charge in [0.1, 0.15) is 18.1 Å². The third-order valence-electron chi connectivity index (χ3n) is 2.24. The maximum Gasteiger partial charge on any atom is 0.463 e. The van der Waals surface area contributed by atoms with Crippen LogP contribution in [0.25, 0.3) is 0 Å². The van der Waals surface area contributed by atoms with Crippen molar-refractivity contribution >= 4 is 0 Å². The van der Waals surface area contributed by atoms with Crippen LogP contribution >= 0.6 is 0 Å². The molecule has 0 aliphatic carbocycles. The van der Waals surface area contributed by atoms with E-state index in [9.17, 15) is 5.11 Å². The molecule has 2 rings (SSSR count). The molecular weight excluding hydrogens is 228 g/mol. The number of hydrogen-bond acceptors (Lipinski definition) is 6. The SMILES string of the molecule is COc1ccc(OC2(OC)OCC(O)O2)cc1. The van der Waals surface area contributed by atoms with Gasteiger partial charge in [-0.15, -0.1) is 0 Å². The van der Waals surface area contributed by atoms with Gasteiger partial charge in [-0.2, -0.15) is 0 Å². The molecule has 1 fully saturated rings. The van der Waals surface area contributed by atoms with Crippen molar-refractivity contribution in [3.63, 3.8) is 0 Å². The van der Waals surface area contributed by atoms with Gasteiger partial charge >= 0.3 is 6.16 Å². The summed E-state index contributed by atoms with van der Waals surface area (Å²) in [5.41, 5.74) is 0. The van der Waals surface area contributed by atoms with Crippen molar-refractivity contribution in [2.75, 3.05) is 20.8 Å². The second-order valence-corrected chi connectivity index (χ2v) is 3.37. The Kier molecular flexibility index (Phi) is 3.49. The summed E-state index contributed by atoms with van der Waals surface area (Å²) in [5.74, 6) is 1.18. The molecule has 6 nitrogen and oxygen atoms in total. The molecule has 0 bridgehead atoms. The van der Waals surface area contributed by atoms with Gasteiger partial charge in [-0.1, -0.05) is 0 Å². The predicted molar refractivity (Wildman–Crippen MR) is 56.4 cm³/mol. The van der Waals surface area contributed by atoms with Crippen LogP contribution in [0.3, 0.4) is 0 Å². The lowest BCUT2D eigenvalue weighted by atomic mass is 10.3. The van der Waals surface area contributed by atoms with Crippen LogP contribution in [-0.4, -0.2) is 38.4 Å². The highest BCUT2D eigenvalue weighted by Gasteiger charge is 2.45. The number of rotatable bonds is 4. The number of benzene rings is 1. The van der Waals surface area contributed by atoms with E-state index in [2.05, 4.69) is 0 Å². The average molecular weight is 242 g/mol. The van der Waals surface area contributed by atoms with Crippen LogP contribution in [-0.2, 0) is 14.2 Å². The van der Waals surface area contributed by atoms with Crippen molar-refractivity contribution in [1.29, 1.82) is 0 Å². The van der Waals surface area contributed by atoms with Crippen molar-refractivity contribution in [2.24, 2.45) is 0 Å². The molecule has 0 spiro atoms. The van der Waals surface area contributed by atoms with Crippen molar-refractivity contribution in [1.82, 2.24) is 0 Å². The van der Waals surface area contributed by atoms with Crippen molar-refractivity contribution in [2.45, 2.75) is 12.4 Å². The molecule has 1 aliphatic rings. The minimum Gasteiger partial charge on any atom is -0.497 e. The first-order valence-corrected chi connectivity index (χ1v) is 5.05. The molecule has 0 radical (unpaired) electrons. The summed E-state index contributed by atoms with van der Waals surface area (Å²) in [6.45, 7) is -0.00993. The monoisotopic (exact) mass is 242 g/mol. The molecule has 2 atom stereocenters. The van der Waals surface area contributed by atoms with E-state index < -0.39 is 12.4 Å². The highest BCUT2D eigenvalue weighted by atomic mass is 17.0. The molecule has 1 aromatic carbocycles. The molecule has 1 N–H and O–H groups in total. The molecule has 0 amide bonds. The van der Waals surface area contributed by atoms with E-state index in [1.54, 1.807) is 31.4 Å². The van der Waals surface area contributed by atoms with Crippen molar-refractivity contribution in [3.8, 4) is 11.5 Å². The van der Waals surface area contributed by atoms with E-state index in [1.165, 1.54) is 7.11 Å². The third kappa shape index (κ3) is 2.67. The largest absolute Gasteiger partial charge is 0.497 e. The van der Waals surface area contributed by atoms with Gasteiger partial charge in [0, 0.05) is 7.11 Å². The number of hydrogen-bond donors (Lipinski definition) is 1. The maximum absolute atomic E-state index is 9.23. The lowest BCUT2D eigenvalue weighted by Gasteiger charge is -2.24. The van der Waals surface area contributed by atoms with Crippen LogP contribution in [0.1, 0.15) is 0 Å². The summed E-state index contributed by atoms with van der Waals surface area (Å²) >= 11 is 0. The Morgan fingerprint density at radius 3 is 2.35 bits per heavy atom. The Bertz CT molecular complexity index is 365. The first-order valence-electron chi connectivity index (χ1n) is 5.05. The van der Waals surface area contributed by atoms with Crippen LogP contribution in [0, 0.1) is 0 Å². The van der Waals surface area contributed by atoms with Gasteiger partial charge < -0.3 is 14.6 Å². The smallest absolute Gasteiger partial charge is 0.463 e. The molecule has 2 unspecified atom stereocenters. The first kappa shape index (κ1) is 12.1. The fourth-order valence-corrected chi connectivity index (χ4v) is 1.40. The molecule has 0 saturated carbocycles. The van der Waals surface area contributed by atoms with Gasteiger partial charge in [0.15, 0.2) is 6.29 Å². The van der Waals surface area contributed by atoms with E-state index in [0.717, 1.165) is 0 Å². The highest BCUT2D eigenvalue weighted by Crippen LogP contribution is 2.28. The molecule has 1 heterocycles. The molecule has 0 aromatic heterocycles. The van der Waals surface area contributed by atoms with Crippen molar-refractivity contribution < 1.29 is 28.8 Å². The topological polar surface area (TPSA) is 66.4 Å². The highest BCUT2D eigenvalue weighted by molar-refractivity contribution is 5.31. The number of aliphatic hydroxyl groups excluding tert-OH is 1. The van der Waals surface area contributed by atoms with Gasteiger partial charge in [0.25, 0.3) is 0 Å². The molecule has 6 heteroatoms. The molecular formula is C11H14O6. The zero-order chi connectivity index (χ0) is 12.3. The fraction of sp³-hybridized carbons (Fsp3) is 0.455. The molecule has 1 saturated heterocycles. The van der Waals surface area contributed by atoms with Gasteiger partial charge in [0.2, 0.25) is 0 Å². The van der Waals surface area contributed by atoms with Crippen LogP contribution < -0.4 is 9.47 Å². The van der Waals surface area contributed by atoms with Gasteiger partial charge in [0.05, 0.1) is 7.11 Å². The molecule has 17 heavy (non-hydrogen) atoms. The van der Waals surface area contributed by atoms with Gasteiger partial charge in [-0.05, 0) is 24.3 Å². The van der Waals surface area contributed by atoms with Crippen LogP contribution in [0.15, 0.2) is 24.3 Å². The zero-order valence-corrected chi connectivity index (χ0v) is 9.58. The standard InChI is InChI=1S/C11H14O6/c1-13-8-3-5-9(6-4-8)16-11(14-2)15-7-10(12)17-11/h3-6,10,12H,7H2,1-2H3. The molecule has 94 valence electrons. The Hall–Kier alpha value is -1.34. The summed E-state index contributed by atoms with van der Waals surface area (Å²) in [7, 11) is 2.94. The van der Waals surface area contributed by atoms with Gasteiger partial charge in [-0.25, -0.2) is 0 Å². The Morgan fingerprint density at radius 2 is 1.88 bits per heavy atom. The van der Waals surface area contributed by atoms with E-state index in [1.807, 2.05) is 0 Å². The first-order chi connectivity index (χ1) is 8.17. The lowest BCUT2D eigenvalue weighted by molar-refractivity contribution is -0.434. The molecule has 1 aromatic rings. The Balaban J connectivity index is 2.07. The summed E-state index contributed by atoms with van der Waals surface area (Å²) in [6.07, 6.45) is -2.75. The van der Waals surface area contributed by atoms with Gasteiger partial charge in [-0.3, -0.25) is 14.2 Å². The Labute approximate surface area is 98.6 Å². The average Bonchev–Trinajstić information content (AvgIpc) is 2.72. The van der Waals surface area contributed by atoms with Crippen molar-refractivity contribution in [3.05, 3.63) is 24.3 Å². The van der Waals surface area contributed by atoms with E-state index in [-0.39, 0.29) is 6.61 Å². The minimum absolute atomic E-state index is 0.00993. The normalized spacial score (nSPS) is 28.1. The van der Waals surface area contributed by atoms with Crippen LogP contribution in [0.4, 0.5) is 0 Å². The number of methoxy groups -OCH3 is 2. The quantitative estimate of drug-likeness (QED) is 0.784. The zero-order valence-electron chi connectivity index (χ0n) is 9.58. The Morgan fingerprint density at radius 1 is 1.24 bits per heavy atom. The summed E-state index contributed by atoms with van der Waals surface area (Å²) in [5, 5.41) is 9.23. The van der Waals surface area contributed by atoms with E-state index >= 15 is 0 Å². The minimum atomic E-state index is -1.69. The summed E-state index contributed by atoms with van der Waals surface area (Å²) < 4.78 is 25.5. The second kappa shape index (κ2) is 4.89. The maximum atomic E-state index is 9.23. The number of aliphatic hydroxyl groups is 1. The predicted octanol–water partition coefficient (Wildman–Crippen LogP) is 0.697. The lowest BCUT2D eigenvalue weighted by Crippen LogP contribution is -2.40. The molecule has 1 aliphatic heterocycles. The third-order valence-corrected chi connectivity index (χ3v) is 2.24. The van der Waals surface area contributed by atoms with E-state index in [4.69, 9.17) is 23.7 Å². The van der Waals surface area contributed by atoms with Crippen LogP contribution in [0.2, 0.25) is 0 Å². The fourth-order valence-electron chi connectivity index (χ4n) is 1.40. The second-order valence-electron chi connectivity index (χ2n) is 3.37. The van der Waals surface area contributed by atoms with Crippen LogP contribution in [0.5, 0.6) is 11.5 Å². The summed E-state index contributed by atoms with van der Waals surface area (Å²) in [6, 6.07) is 6.81.